The highest BCUT2D eigenvalue weighted by molar-refractivity contribution is 5.90. The van der Waals surface area contributed by atoms with E-state index in [9.17, 15) is 4.79 Å². The highest BCUT2D eigenvalue weighted by Gasteiger charge is 2.05. The normalized spacial score (nSPS) is 9.96. The largest absolute Gasteiger partial charge is 0.493 e. The van der Waals surface area contributed by atoms with Crippen LogP contribution in [0.4, 0.5) is 5.69 Å². The number of rotatable bonds is 6. The van der Waals surface area contributed by atoms with Crippen molar-refractivity contribution in [1.82, 2.24) is 0 Å². The third kappa shape index (κ3) is 5.15. The second kappa shape index (κ2) is 8.00. The van der Waals surface area contributed by atoms with Gasteiger partial charge in [0.1, 0.15) is 5.75 Å². The zero-order valence-corrected chi connectivity index (χ0v) is 13.4. The first-order valence-corrected chi connectivity index (χ1v) is 7.54. The van der Waals surface area contributed by atoms with E-state index >= 15 is 0 Å². The summed E-state index contributed by atoms with van der Waals surface area (Å²) in [5.41, 5.74) is 3.91. The number of hydrogen-bond acceptors (Lipinski definition) is 3. The van der Waals surface area contributed by atoms with Crippen LogP contribution < -0.4 is 10.1 Å². The van der Waals surface area contributed by atoms with Gasteiger partial charge in [-0.3, -0.25) is 4.79 Å². The second-order valence-electron chi connectivity index (χ2n) is 5.45. The minimum atomic E-state index is -0.0946. The standard InChI is InChI=1S/C19H20N2O2/c1-14-3-8-18(15(2)13-14)23-12-10-19(22)21-17-6-4-16(5-7-17)9-11-20/h3-8,13H,9-10,12H2,1-2H3,(H,21,22). The number of aryl methyl sites for hydroxylation is 2. The van der Waals surface area contributed by atoms with E-state index in [0.29, 0.717) is 13.0 Å². The predicted molar refractivity (Wildman–Crippen MR) is 90.4 cm³/mol. The average molecular weight is 308 g/mol. The lowest BCUT2D eigenvalue weighted by Crippen LogP contribution is -2.15. The van der Waals surface area contributed by atoms with Crippen molar-refractivity contribution in [3.8, 4) is 11.8 Å². The molecule has 23 heavy (non-hydrogen) atoms. The number of benzene rings is 2. The lowest BCUT2D eigenvalue weighted by Gasteiger charge is -2.10. The number of carbonyl (C=O) groups is 1. The van der Waals surface area contributed by atoms with Crippen molar-refractivity contribution in [2.24, 2.45) is 0 Å². The summed E-state index contributed by atoms with van der Waals surface area (Å²) in [6, 6.07) is 15.3. The fraction of sp³-hybridized carbons (Fsp3) is 0.263. The van der Waals surface area contributed by atoms with Crippen LogP contribution in [0.25, 0.3) is 0 Å². The lowest BCUT2D eigenvalue weighted by atomic mass is 10.1. The van der Waals surface area contributed by atoms with E-state index in [-0.39, 0.29) is 12.3 Å². The Balaban J connectivity index is 1.80. The SMILES string of the molecule is Cc1ccc(OCCC(=O)Nc2ccc(CC#N)cc2)c(C)c1. The Hall–Kier alpha value is -2.80. The van der Waals surface area contributed by atoms with Crippen molar-refractivity contribution in [3.05, 3.63) is 59.2 Å². The summed E-state index contributed by atoms with van der Waals surface area (Å²) in [5, 5.41) is 11.4. The molecule has 0 radical (unpaired) electrons. The van der Waals surface area contributed by atoms with Gasteiger partial charge in [-0.05, 0) is 43.2 Å². The average Bonchev–Trinajstić information content (AvgIpc) is 2.52. The molecule has 0 spiro atoms. The van der Waals surface area contributed by atoms with Crippen LogP contribution in [0.1, 0.15) is 23.1 Å². The number of nitrogens with zero attached hydrogens (tertiary/aromatic N) is 1. The first-order chi connectivity index (χ1) is 11.1. The Bertz CT molecular complexity index is 715. The molecule has 0 heterocycles. The number of hydrogen-bond donors (Lipinski definition) is 1. The fourth-order valence-electron chi connectivity index (χ4n) is 2.24. The minimum Gasteiger partial charge on any atom is -0.493 e. The van der Waals surface area contributed by atoms with Crippen LogP contribution in [-0.2, 0) is 11.2 Å². The summed E-state index contributed by atoms with van der Waals surface area (Å²) in [5.74, 6) is 0.715. The summed E-state index contributed by atoms with van der Waals surface area (Å²) < 4.78 is 5.65. The van der Waals surface area contributed by atoms with Crippen LogP contribution in [0.5, 0.6) is 5.75 Å². The maximum absolute atomic E-state index is 11.9. The second-order valence-corrected chi connectivity index (χ2v) is 5.45. The third-order valence-electron chi connectivity index (χ3n) is 3.44. The van der Waals surface area contributed by atoms with Gasteiger partial charge in [0.2, 0.25) is 5.91 Å². The lowest BCUT2D eigenvalue weighted by molar-refractivity contribution is -0.116. The zero-order chi connectivity index (χ0) is 16.7. The third-order valence-corrected chi connectivity index (χ3v) is 3.44. The first-order valence-electron chi connectivity index (χ1n) is 7.54. The van der Waals surface area contributed by atoms with Crippen LogP contribution in [0.3, 0.4) is 0 Å². The molecule has 0 saturated carbocycles. The zero-order valence-electron chi connectivity index (χ0n) is 13.4. The van der Waals surface area contributed by atoms with Gasteiger partial charge < -0.3 is 10.1 Å². The van der Waals surface area contributed by atoms with E-state index in [1.807, 2.05) is 38.1 Å². The Kier molecular flexibility index (Phi) is 5.76. The predicted octanol–water partition coefficient (Wildman–Crippen LogP) is 3.78. The topological polar surface area (TPSA) is 62.1 Å². The smallest absolute Gasteiger partial charge is 0.227 e. The van der Waals surface area contributed by atoms with E-state index in [4.69, 9.17) is 10.00 Å². The molecule has 0 atom stereocenters. The Morgan fingerprint density at radius 3 is 2.57 bits per heavy atom. The fourth-order valence-corrected chi connectivity index (χ4v) is 2.24. The number of nitriles is 1. The monoisotopic (exact) mass is 308 g/mol. The van der Waals surface area contributed by atoms with Crippen molar-refractivity contribution >= 4 is 11.6 Å². The van der Waals surface area contributed by atoms with E-state index in [1.165, 1.54) is 5.56 Å². The van der Waals surface area contributed by atoms with Gasteiger partial charge in [0.15, 0.2) is 0 Å². The molecule has 118 valence electrons. The maximum Gasteiger partial charge on any atom is 0.227 e. The minimum absolute atomic E-state index is 0.0946. The molecule has 0 unspecified atom stereocenters. The Morgan fingerprint density at radius 2 is 1.91 bits per heavy atom. The molecule has 4 nitrogen and oxygen atoms in total. The van der Waals surface area contributed by atoms with Crippen molar-refractivity contribution in [2.75, 3.05) is 11.9 Å². The quantitative estimate of drug-likeness (QED) is 0.883. The van der Waals surface area contributed by atoms with Crippen molar-refractivity contribution in [1.29, 1.82) is 5.26 Å². The van der Waals surface area contributed by atoms with Crippen LogP contribution in [0.2, 0.25) is 0 Å². The molecule has 1 amide bonds. The number of anilines is 1. The van der Waals surface area contributed by atoms with Gasteiger partial charge in [-0.1, -0.05) is 29.8 Å². The summed E-state index contributed by atoms with van der Waals surface area (Å²) in [6.45, 7) is 4.36. The molecule has 2 aromatic carbocycles. The summed E-state index contributed by atoms with van der Waals surface area (Å²) in [7, 11) is 0. The number of nitrogens with one attached hydrogen (secondary N) is 1. The van der Waals surface area contributed by atoms with Gasteiger partial charge in [0, 0.05) is 5.69 Å². The van der Waals surface area contributed by atoms with E-state index < -0.39 is 0 Å². The maximum atomic E-state index is 11.9. The van der Waals surface area contributed by atoms with Crippen molar-refractivity contribution in [2.45, 2.75) is 26.7 Å². The Labute approximate surface area is 136 Å². The van der Waals surface area contributed by atoms with Gasteiger partial charge in [0.05, 0.1) is 25.5 Å². The molecule has 0 aliphatic carbocycles. The van der Waals surface area contributed by atoms with E-state index in [0.717, 1.165) is 22.6 Å². The summed E-state index contributed by atoms with van der Waals surface area (Å²) in [6.07, 6.45) is 0.658. The molecule has 0 bridgehead atoms. The Morgan fingerprint density at radius 1 is 1.17 bits per heavy atom. The molecular weight excluding hydrogens is 288 g/mol. The van der Waals surface area contributed by atoms with Crippen LogP contribution in [-0.4, -0.2) is 12.5 Å². The number of ether oxygens (including phenoxy) is 1. The molecular formula is C19H20N2O2. The number of carbonyl (C=O) groups excluding carboxylic acids is 1. The molecule has 4 heteroatoms. The van der Waals surface area contributed by atoms with Gasteiger partial charge in [-0.2, -0.15) is 5.26 Å². The van der Waals surface area contributed by atoms with E-state index in [1.54, 1.807) is 12.1 Å². The number of amides is 1. The van der Waals surface area contributed by atoms with Gasteiger partial charge in [0.25, 0.3) is 0 Å². The summed E-state index contributed by atoms with van der Waals surface area (Å²) in [4.78, 5) is 11.9. The van der Waals surface area contributed by atoms with Crippen molar-refractivity contribution in [3.63, 3.8) is 0 Å². The van der Waals surface area contributed by atoms with Crippen LogP contribution in [0.15, 0.2) is 42.5 Å². The highest BCUT2D eigenvalue weighted by Crippen LogP contribution is 2.19. The van der Waals surface area contributed by atoms with Gasteiger partial charge in [-0.25, -0.2) is 0 Å². The molecule has 0 fully saturated rings. The molecule has 0 aliphatic heterocycles. The highest BCUT2D eigenvalue weighted by atomic mass is 16.5. The van der Waals surface area contributed by atoms with Crippen LogP contribution in [0, 0.1) is 25.2 Å². The van der Waals surface area contributed by atoms with E-state index in [2.05, 4.69) is 17.5 Å². The summed E-state index contributed by atoms with van der Waals surface area (Å²) >= 11 is 0. The molecule has 2 rings (SSSR count). The first kappa shape index (κ1) is 16.6. The molecule has 0 saturated heterocycles. The molecule has 1 N–H and O–H groups in total. The molecule has 0 aliphatic rings. The molecule has 2 aromatic rings. The molecule has 0 aromatic heterocycles. The van der Waals surface area contributed by atoms with Gasteiger partial charge >= 0.3 is 0 Å². The van der Waals surface area contributed by atoms with Crippen molar-refractivity contribution < 1.29 is 9.53 Å². The van der Waals surface area contributed by atoms with Crippen LogP contribution >= 0.6 is 0 Å². The van der Waals surface area contributed by atoms with Gasteiger partial charge in [-0.15, -0.1) is 0 Å².